The summed E-state index contributed by atoms with van der Waals surface area (Å²) >= 11 is 0. The molecule has 0 amide bonds. The van der Waals surface area contributed by atoms with Crippen molar-refractivity contribution in [2.75, 3.05) is 17.7 Å². The van der Waals surface area contributed by atoms with Crippen LogP contribution < -0.4 is 10.6 Å². The average molecular weight is 260 g/mol. The lowest BCUT2D eigenvalue weighted by molar-refractivity contribution is 0.358. The number of nitrogens with zero attached hydrogens (tertiary/aromatic N) is 3. The molecule has 3 N–H and O–H groups in total. The van der Waals surface area contributed by atoms with E-state index in [1.807, 2.05) is 7.05 Å². The number of aromatic nitrogens is 4. The molecule has 2 heterocycles. The van der Waals surface area contributed by atoms with Crippen LogP contribution in [0.3, 0.4) is 0 Å². The second-order valence-corrected chi connectivity index (χ2v) is 5.36. The van der Waals surface area contributed by atoms with Gasteiger partial charge in [0.05, 0.1) is 6.33 Å². The SMILES string of the molecule is CNc1nc(NC2CCCC(C)C2)c2[nH]cnc2n1. The van der Waals surface area contributed by atoms with Gasteiger partial charge in [0, 0.05) is 13.1 Å². The van der Waals surface area contributed by atoms with Gasteiger partial charge in [-0.15, -0.1) is 0 Å². The Hall–Kier alpha value is -1.85. The summed E-state index contributed by atoms with van der Waals surface area (Å²) in [6, 6.07) is 0.495. The van der Waals surface area contributed by atoms with Crippen molar-refractivity contribution in [3.8, 4) is 0 Å². The van der Waals surface area contributed by atoms with Crippen molar-refractivity contribution in [2.45, 2.75) is 38.6 Å². The molecule has 2 aromatic rings. The van der Waals surface area contributed by atoms with Crippen molar-refractivity contribution in [3.05, 3.63) is 6.33 Å². The van der Waals surface area contributed by atoms with Crippen LogP contribution >= 0.6 is 0 Å². The van der Waals surface area contributed by atoms with E-state index >= 15 is 0 Å². The minimum atomic E-state index is 0.495. The zero-order valence-electron chi connectivity index (χ0n) is 11.4. The summed E-state index contributed by atoms with van der Waals surface area (Å²) in [6.07, 6.45) is 6.69. The quantitative estimate of drug-likeness (QED) is 0.789. The topological polar surface area (TPSA) is 78.5 Å². The van der Waals surface area contributed by atoms with Crippen molar-refractivity contribution < 1.29 is 0 Å². The van der Waals surface area contributed by atoms with Crippen LogP contribution in [0.15, 0.2) is 6.33 Å². The normalized spacial score (nSPS) is 23.5. The minimum absolute atomic E-state index is 0.495. The number of hydrogen-bond donors (Lipinski definition) is 3. The maximum Gasteiger partial charge on any atom is 0.226 e. The predicted octanol–water partition coefficient (Wildman–Crippen LogP) is 2.39. The van der Waals surface area contributed by atoms with Crippen LogP contribution in [0.5, 0.6) is 0 Å². The first kappa shape index (κ1) is 12.2. The van der Waals surface area contributed by atoms with Crippen molar-refractivity contribution in [3.63, 3.8) is 0 Å². The molecule has 6 nitrogen and oxygen atoms in total. The van der Waals surface area contributed by atoms with Crippen molar-refractivity contribution in [2.24, 2.45) is 5.92 Å². The van der Waals surface area contributed by atoms with Crippen LogP contribution in [0.1, 0.15) is 32.6 Å². The van der Waals surface area contributed by atoms with Crippen molar-refractivity contribution in [1.29, 1.82) is 0 Å². The van der Waals surface area contributed by atoms with Gasteiger partial charge in [0.2, 0.25) is 5.95 Å². The molecule has 102 valence electrons. The van der Waals surface area contributed by atoms with Gasteiger partial charge in [-0.3, -0.25) is 0 Å². The summed E-state index contributed by atoms with van der Waals surface area (Å²) in [4.78, 5) is 16.1. The highest BCUT2D eigenvalue weighted by atomic mass is 15.2. The molecule has 3 rings (SSSR count). The van der Waals surface area contributed by atoms with E-state index in [4.69, 9.17) is 0 Å². The molecule has 19 heavy (non-hydrogen) atoms. The molecule has 1 aliphatic carbocycles. The van der Waals surface area contributed by atoms with E-state index in [-0.39, 0.29) is 0 Å². The minimum Gasteiger partial charge on any atom is -0.365 e. The number of fused-ring (bicyclic) bond motifs is 1. The Balaban J connectivity index is 1.88. The Labute approximate surface area is 112 Å². The van der Waals surface area contributed by atoms with Gasteiger partial charge < -0.3 is 15.6 Å². The largest absolute Gasteiger partial charge is 0.365 e. The maximum atomic E-state index is 4.51. The molecule has 0 saturated heterocycles. The molecular formula is C13H20N6. The van der Waals surface area contributed by atoms with Crippen LogP contribution in [-0.4, -0.2) is 33.0 Å². The van der Waals surface area contributed by atoms with Crippen LogP contribution in [0.4, 0.5) is 11.8 Å². The molecule has 0 bridgehead atoms. The molecule has 0 aliphatic heterocycles. The van der Waals surface area contributed by atoms with Crippen LogP contribution in [0.25, 0.3) is 11.2 Å². The first-order valence-corrected chi connectivity index (χ1v) is 6.91. The Morgan fingerprint density at radius 3 is 3.00 bits per heavy atom. The third kappa shape index (κ3) is 2.47. The zero-order chi connectivity index (χ0) is 13.2. The first-order chi connectivity index (χ1) is 9.26. The number of H-pyrrole nitrogens is 1. The number of aromatic amines is 1. The number of anilines is 2. The Morgan fingerprint density at radius 1 is 1.32 bits per heavy atom. The molecule has 0 spiro atoms. The zero-order valence-corrected chi connectivity index (χ0v) is 11.4. The van der Waals surface area contributed by atoms with Gasteiger partial charge in [-0.05, 0) is 18.8 Å². The van der Waals surface area contributed by atoms with E-state index in [2.05, 4.69) is 37.5 Å². The molecule has 1 saturated carbocycles. The summed E-state index contributed by atoms with van der Waals surface area (Å²) in [6.45, 7) is 2.32. The van der Waals surface area contributed by atoms with E-state index in [0.29, 0.717) is 17.6 Å². The standard InChI is InChI=1S/C13H20N6/c1-8-4-3-5-9(6-8)17-12-10-11(16-7-15-10)18-13(14-2)19-12/h7-9H,3-6H2,1-2H3,(H3,14,15,16,17,18,19). The van der Waals surface area contributed by atoms with Gasteiger partial charge in [0.15, 0.2) is 11.5 Å². The lowest BCUT2D eigenvalue weighted by Crippen LogP contribution is -2.27. The highest BCUT2D eigenvalue weighted by Gasteiger charge is 2.20. The Kier molecular flexibility index (Phi) is 3.23. The molecule has 0 aromatic carbocycles. The first-order valence-electron chi connectivity index (χ1n) is 6.91. The molecule has 0 radical (unpaired) electrons. The number of hydrogen-bond acceptors (Lipinski definition) is 5. The average Bonchev–Trinajstić information content (AvgIpc) is 2.87. The second kappa shape index (κ2) is 5.03. The molecule has 2 aromatic heterocycles. The number of nitrogens with one attached hydrogen (secondary N) is 3. The van der Waals surface area contributed by atoms with Crippen LogP contribution in [0, 0.1) is 5.92 Å². The highest BCUT2D eigenvalue weighted by Crippen LogP contribution is 2.27. The number of imidazole rings is 1. The van der Waals surface area contributed by atoms with E-state index in [0.717, 1.165) is 17.3 Å². The summed E-state index contributed by atoms with van der Waals surface area (Å²) in [5.74, 6) is 2.24. The van der Waals surface area contributed by atoms with Gasteiger partial charge in [-0.1, -0.05) is 19.8 Å². The summed E-state index contributed by atoms with van der Waals surface area (Å²) in [5, 5.41) is 6.53. The van der Waals surface area contributed by atoms with Gasteiger partial charge in [0.1, 0.15) is 5.52 Å². The van der Waals surface area contributed by atoms with E-state index < -0.39 is 0 Å². The van der Waals surface area contributed by atoms with Crippen LogP contribution in [0.2, 0.25) is 0 Å². The molecular weight excluding hydrogens is 240 g/mol. The third-order valence-corrected chi connectivity index (χ3v) is 3.79. The fraction of sp³-hybridized carbons (Fsp3) is 0.615. The van der Waals surface area contributed by atoms with E-state index in [9.17, 15) is 0 Å². The van der Waals surface area contributed by atoms with Crippen LogP contribution in [-0.2, 0) is 0 Å². The van der Waals surface area contributed by atoms with Crippen molar-refractivity contribution >= 4 is 22.9 Å². The highest BCUT2D eigenvalue weighted by molar-refractivity contribution is 5.83. The fourth-order valence-electron chi connectivity index (χ4n) is 2.81. The summed E-state index contributed by atoms with van der Waals surface area (Å²) in [7, 11) is 1.82. The molecule has 2 unspecified atom stereocenters. The lowest BCUT2D eigenvalue weighted by Gasteiger charge is -2.28. The van der Waals surface area contributed by atoms with Gasteiger partial charge in [-0.25, -0.2) is 4.98 Å². The summed E-state index contributed by atoms with van der Waals surface area (Å²) in [5.41, 5.74) is 1.59. The number of rotatable bonds is 3. The van der Waals surface area contributed by atoms with E-state index in [1.54, 1.807) is 6.33 Å². The fourth-order valence-corrected chi connectivity index (χ4v) is 2.81. The summed E-state index contributed by atoms with van der Waals surface area (Å²) < 4.78 is 0. The lowest BCUT2D eigenvalue weighted by atomic mass is 9.87. The van der Waals surface area contributed by atoms with Gasteiger partial charge >= 0.3 is 0 Å². The molecule has 2 atom stereocenters. The van der Waals surface area contributed by atoms with E-state index in [1.165, 1.54) is 25.7 Å². The van der Waals surface area contributed by atoms with Gasteiger partial charge in [0.25, 0.3) is 0 Å². The van der Waals surface area contributed by atoms with Gasteiger partial charge in [-0.2, -0.15) is 9.97 Å². The third-order valence-electron chi connectivity index (χ3n) is 3.79. The predicted molar refractivity (Wildman–Crippen MR) is 76.3 cm³/mol. The molecule has 1 aliphatic rings. The smallest absolute Gasteiger partial charge is 0.226 e. The van der Waals surface area contributed by atoms with Crippen molar-refractivity contribution in [1.82, 2.24) is 19.9 Å². The molecule has 1 fully saturated rings. The Morgan fingerprint density at radius 2 is 2.21 bits per heavy atom. The molecule has 6 heteroatoms. The second-order valence-electron chi connectivity index (χ2n) is 5.36. The monoisotopic (exact) mass is 260 g/mol. The maximum absolute atomic E-state index is 4.51. The Bertz CT molecular complexity index is 563.